The lowest BCUT2D eigenvalue weighted by molar-refractivity contribution is -0.130. The number of amides is 1. The minimum Gasteiger partial charge on any atom is -0.489 e. The smallest absolute Gasteiger partial charge is 0.265 e. The summed E-state index contributed by atoms with van der Waals surface area (Å²) in [4.78, 5) is 12.6. The second-order valence-corrected chi connectivity index (χ2v) is 7.28. The van der Waals surface area contributed by atoms with Gasteiger partial charge in [0.25, 0.3) is 5.91 Å². The van der Waals surface area contributed by atoms with Crippen molar-refractivity contribution in [1.82, 2.24) is 5.32 Å². The van der Waals surface area contributed by atoms with Crippen molar-refractivity contribution in [1.29, 1.82) is 0 Å². The summed E-state index contributed by atoms with van der Waals surface area (Å²) in [6.45, 7) is 9.98. The summed E-state index contributed by atoms with van der Waals surface area (Å²) in [5.74, 6) is 1.17. The number of ether oxygens (including phenoxy) is 2. The Morgan fingerprint density at radius 1 is 0.920 bits per heavy atom. The Balaban J connectivity index is 2.08. The van der Waals surface area contributed by atoms with Crippen LogP contribution in [0.1, 0.15) is 31.9 Å². The van der Waals surface area contributed by atoms with Crippen molar-refractivity contribution in [3.63, 3.8) is 0 Å². The van der Waals surface area contributed by atoms with E-state index in [2.05, 4.69) is 5.32 Å². The largest absolute Gasteiger partial charge is 0.489 e. The fourth-order valence-electron chi connectivity index (χ4n) is 2.20. The third-order valence-corrected chi connectivity index (χ3v) is 3.51. The van der Waals surface area contributed by atoms with Gasteiger partial charge in [-0.25, -0.2) is 0 Å². The topological polar surface area (TPSA) is 47.6 Å². The second kappa shape index (κ2) is 8.06. The van der Waals surface area contributed by atoms with Gasteiger partial charge in [0, 0.05) is 5.54 Å². The van der Waals surface area contributed by atoms with Gasteiger partial charge in [-0.2, -0.15) is 0 Å². The molecule has 2 aromatic carbocycles. The lowest BCUT2D eigenvalue weighted by Gasteiger charge is -2.25. The van der Waals surface area contributed by atoms with Crippen molar-refractivity contribution in [2.45, 2.75) is 46.3 Å². The molecule has 1 unspecified atom stereocenters. The molecule has 0 aliphatic heterocycles. The number of benzene rings is 2. The number of carbonyl (C=O) groups excluding carboxylic acids is 1. The van der Waals surface area contributed by atoms with Crippen LogP contribution in [-0.2, 0) is 4.79 Å². The van der Waals surface area contributed by atoms with E-state index in [1.54, 1.807) is 0 Å². The van der Waals surface area contributed by atoms with E-state index in [1.807, 2.05) is 83.1 Å². The maximum Gasteiger partial charge on any atom is 0.265 e. The highest BCUT2D eigenvalue weighted by molar-refractivity contribution is 5.82. The summed E-state index contributed by atoms with van der Waals surface area (Å²) in [6, 6.07) is 15.3. The molecule has 0 saturated heterocycles. The van der Waals surface area contributed by atoms with Crippen molar-refractivity contribution >= 4 is 5.91 Å². The normalized spacial score (nSPS) is 12.4. The highest BCUT2D eigenvalue weighted by Gasteiger charge is 2.25. The first-order valence-corrected chi connectivity index (χ1v) is 8.48. The van der Waals surface area contributed by atoms with Crippen LogP contribution in [0.2, 0.25) is 0 Å². The van der Waals surface area contributed by atoms with E-state index in [9.17, 15) is 4.79 Å². The molecule has 0 fully saturated rings. The Labute approximate surface area is 150 Å². The predicted molar refractivity (Wildman–Crippen MR) is 100 cm³/mol. The van der Waals surface area contributed by atoms with Crippen LogP contribution in [-0.4, -0.2) is 24.2 Å². The molecule has 0 heterocycles. The zero-order valence-corrected chi connectivity index (χ0v) is 15.6. The van der Waals surface area contributed by atoms with E-state index >= 15 is 0 Å². The van der Waals surface area contributed by atoms with Crippen molar-refractivity contribution in [3.8, 4) is 11.5 Å². The number of carbonyl (C=O) groups is 1. The van der Waals surface area contributed by atoms with E-state index < -0.39 is 6.10 Å². The van der Waals surface area contributed by atoms with Gasteiger partial charge in [0.2, 0.25) is 6.10 Å². The first kappa shape index (κ1) is 18.8. The molecule has 0 saturated carbocycles. The molecule has 0 aromatic heterocycles. The third kappa shape index (κ3) is 6.49. The Hall–Kier alpha value is -2.49. The van der Waals surface area contributed by atoms with Crippen LogP contribution in [0.5, 0.6) is 11.5 Å². The molecule has 134 valence electrons. The van der Waals surface area contributed by atoms with Gasteiger partial charge in [0.1, 0.15) is 18.1 Å². The van der Waals surface area contributed by atoms with E-state index in [-0.39, 0.29) is 18.1 Å². The Morgan fingerprint density at radius 3 is 1.88 bits per heavy atom. The fraction of sp³-hybridized carbons (Fsp3) is 0.381. The molecule has 0 spiro atoms. The molecule has 2 aromatic rings. The van der Waals surface area contributed by atoms with Crippen LogP contribution in [0.3, 0.4) is 0 Å². The Morgan fingerprint density at radius 2 is 1.40 bits per heavy atom. The fourth-order valence-corrected chi connectivity index (χ4v) is 2.20. The molecule has 0 radical (unpaired) electrons. The Kier molecular flexibility index (Phi) is 6.07. The van der Waals surface area contributed by atoms with E-state index in [1.165, 1.54) is 0 Å². The number of hydrogen-bond donors (Lipinski definition) is 1. The molecule has 0 aliphatic carbocycles. The summed E-state index contributed by atoms with van der Waals surface area (Å²) in [6.07, 6.45) is -0.733. The number of rotatable bonds is 6. The van der Waals surface area contributed by atoms with Crippen molar-refractivity contribution in [3.05, 3.63) is 59.7 Å². The van der Waals surface area contributed by atoms with Crippen LogP contribution in [0.4, 0.5) is 0 Å². The van der Waals surface area contributed by atoms with Gasteiger partial charge in [0.05, 0.1) is 0 Å². The standard InChI is InChI=1S/C21H27NO3/c1-15-6-10-17(11-7-15)24-14-19(20(23)22-21(3,4)5)25-18-12-8-16(2)9-13-18/h6-13,19H,14H2,1-5H3,(H,22,23). The van der Waals surface area contributed by atoms with Gasteiger partial charge in [-0.1, -0.05) is 35.4 Å². The molecule has 4 heteroatoms. The monoisotopic (exact) mass is 341 g/mol. The molecule has 0 bridgehead atoms. The first-order chi connectivity index (χ1) is 11.7. The highest BCUT2D eigenvalue weighted by atomic mass is 16.5. The molecule has 1 atom stereocenters. The summed E-state index contributed by atoms with van der Waals surface area (Å²) in [7, 11) is 0. The van der Waals surface area contributed by atoms with Gasteiger partial charge in [-0.15, -0.1) is 0 Å². The zero-order chi connectivity index (χ0) is 18.4. The van der Waals surface area contributed by atoms with Crippen LogP contribution >= 0.6 is 0 Å². The molecular weight excluding hydrogens is 314 g/mol. The van der Waals surface area contributed by atoms with Gasteiger partial charge in [-0.3, -0.25) is 4.79 Å². The summed E-state index contributed by atoms with van der Waals surface area (Å²) >= 11 is 0. The molecule has 4 nitrogen and oxygen atoms in total. The molecule has 25 heavy (non-hydrogen) atoms. The molecule has 1 N–H and O–H groups in total. The lowest BCUT2D eigenvalue weighted by Crippen LogP contribution is -2.49. The quantitative estimate of drug-likeness (QED) is 0.862. The summed E-state index contributed by atoms with van der Waals surface area (Å²) in [5, 5.41) is 2.95. The number of aryl methyl sites for hydroxylation is 2. The van der Waals surface area contributed by atoms with Crippen LogP contribution in [0, 0.1) is 13.8 Å². The molecule has 1 amide bonds. The van der Waals surface area contributed by atoms with E-state index in [0.29, 0.717) is 11.5 Å². The van der Waals surface area contributed by atoms with Gasteiger partial charge in [0.15, 0.2) is 0 Å². The van der Waals surface area contributed by atoms with Gasteiger partial charge in [-0.05, 0) is 58.9 Å². The van der Waals surface area contributed by atoms with Crippen LogP contribution < -0.4 is 14.8 Å². The van der Waals surface area contributed by atoms with E-state index in [4.69, 9.17) is 9.47 Å². The number of nitrogens with one attached hydrogen (secondary N) is 1. The Bertz CT molecular complexity index is 685. The average molecular weight is 341 g/mol. The van der Waals surface area contributed by atoms with Crippen molar-refractivity contribution in [2.75, 3.05) is 6.61 Å². The lowest BCUT2D eigenvalue weighted by atomic mass is 10.1. The van der Waals surface area contributed by atoms with Gasteiger partial charge < -0.3 is 14.8 Å². The SMILES string of the molecule is Cc1ccc(OCC(Oc2ccc(C)cc2)C(=O)NC(C)(C)C)cc1. The zero-order valence-electron chi connectivity index (χ0n) is 15.6. The van der Waals surface area contributed by atoms with Crippen molar-refractivity contribution in [2.24, 2.45) is 0 Å². The average Bonchev–Trinajstić information content (AvgIpc) is 2.53. The molecular formula is C21H27NO3. The summed E-state index contributed by atoms with van der Waals surface area (Å²) in [5.41, 5.74) is 1.96. The maximum atomic E-state index is 12.6. The minimum atomic E-state index is -0.733. The predicted octanol–water partition coefficient (Wildman–Crippen LogP) is 4.04. The summed E-state index contributed by atoms with van der Waals surface area (Å²) < 4.78 is 11.7. The van der Waals surface area contributed by atoms with E-state index in [0.717, 1.165) is 11.1 Å². The molecule has 2 rings (SSSR count). The van der Waals surface area contributed by atoms with Crippen LogP contribution in [0.15, 0.2) is 48.5 Å². The highest BCUT2D eigenvalue weighted by Crippen LogP contribution is 2.16. The first-order valence-electron chi connectivity index (χ1n) is 8.48. The molecule has 0 aliphatic rings. The van der Waals surface area contributed by atoms with Crippen LogP contribution in [0.25, 0.3) is 0 Å². The van der Waals surface area contributed by atoms with Crippen molar-refractivity contribution < 1.29 is 14.3 Å². The second-order valence-electron chi connectivity index (χ2n) is 7.28. The number of hydrogen-bond acceptors (Lipinski definition) is 3. The van der Waals surface area contributed by atoms with Gasteiger partial charge >= 0.3 is 0 Å². The minimum absolute atomic E-state index is 0.138. The third-order valence-electron chi connectivity index (χ3n) is 3.51. The maximum absolute atomic E-state index is 12.6.